The molecule has 1 unspecified atom stereocenters. The fraction of sp³-hybridized carbons (Fsp3) is 0.667. The number of imidazole rings is 1. The van der Waals surface area contributed by atoms with E-state index in [0.29, 0.717) is 11.1 Å². The van der Waals surface area contributed by atoms with E-state index in [4.69, 9.17) is 10.5 Å². The van der Waals surface area contributed by atoms with Gasteiger partial charge in [-0.2, -0.15) is 11.8 Å². The smallest absolute Gasteiger partial charge is 0.360 e. The number of carbonyl (C=O) groups excluding carboxylic acids is 1. The molecule has 1 saturated heterocycles. The van der Waals surface area contributed by atoms with Gasteiger partial charge in [-0.05, 0) is 18.6 Å². The molecule has 2 N–H and O–H groups in total. The first-order valence-electron chi connectivity index (χ1n) is 6.22. The van der Waals surface area contributed by atoms with Crippen LogP contribution in [0.25, 0.3) is 0 Å². The molecule has 0 bridgehead atoms. The maximum Gasteiger partial charge on any atom is 0.360 e. The van der Waals surface area contributed by atoms with Gasteiger partial charge in [-0.15, -0.1) is 0 Å². The first-order valence-corrected chi connectivity index (χ1v) is 7.27. The lowest BCUT2D eigenvalue weighted by Crippen LogP contribution is -2.15. The number of aryl methyl sites for hydroxylation is 1. The molecule has 18 heavy (non-hydrogen) atoms. The number of nitrogen functional groups attached to an aromatic ring is 1. The predicted octanol–water partition coefficient (Wildman–Crippen LogP) is 1.71. The molecule has 5 nitrogen and oxygen atoms in total. The summed E-state index contributed by atoms with van der Waals surface area (Å²) >= 11 is 1.97. The van der Waals surface area contributed by atoms with Crippen molar-refractivity contribution in [3.8, 4) is 0 Å². The zero-order valence-electron chi connectivity index (χ0n) is 10.8. The number of ether oxygens (including phenoxy) is 1. The minimum absolute atomic E-state index is 0.248. The van der Waals surface area contributed by atoms with Gasteiger partial charge in [-0.25, -0.2) is 9.78 Å². The maximum atomic E-state index is 11.6. The van der Waals surface area contributed by atoms with Gasteiger partial charge in [0.05, 0.1) is 7.11 Å². The van der Waals surface area contributed by atoms with Gasteiger partial charge in [0.15, 0.2) is 5.69 Å². The Kier molecular flexibility index (Phi) is 4.16. The lowest BCUT2D eigenvalue weighted by Gasteiger charge is -2.13. The van der Waals surface area contributed by atoms with Crippen LogP contribution in [0.5, 0.6) is 0 Å². The van der Waals surface area contributed by atoms with Crippen LogP contribution >= 0.6 is 11.8 Å². The highest BCUT2D eigenvalue weighted by atomic mass is 32.2. The van der Waals surface area contributed by atoms with Crippen LogP contribution in [0.4, 0.5) is 5.82 Å². The van der Waals surface area contributed by atoms with Crippen molar-refractivity contribution in [2.45, 2.75) is 38.0 Å². The van der Waals surface area contributed by atoms with Gasteiger partial charge in [0.25, 0.3) is 0 Å². The van der Waals surface area contributed by atoms with Gasteiger partial charge >= 0.3 is 5.97 Å². The summed E-state index contributed by atoms with van der Waals surface area (Å²) in [5, 5.41) is 0.581. The Bertz CT molecular complexity index is 439. The van der Waals surface area contributed by atoms with Crippen molar-refractivity contribution in [1.29, 1.82) is 0 Å². The predicted molar refractivity (Wildman–Crippen MR) is 72.8 cm³/mol. The van der Waals surface area contributed by atoms with Crippen molar-refractivity contribution >= 4 is 23.5 Å². The highest BCUT2D eigenvalue weighted by molar-refractivity contribution is 8.00. The average molecular weight is 269 g/mol. The molecule has 0 saturated carbocycles. The molecule has 0 spiro atoms. The molecule has 1 aliphatic heterocycles. The van der Waals surface area contributed by atoms with Crippen molar-refractivity contribution in [1.82, 2.24) is 9.55 Å². The van der Waals surface area contributed by atoms with E-state index in [9.17, 15) is 4.79 Å². The number of carbonyl (C=O) groups is 1. The van der Waals surface area contributed by atoms with Crippen molar-refractivity contribution in [2.75, 3.05) is 18.6 Å². The lowest BCUT2D eigenvalue weighted by atomic mass is 10.2. The fourth-order valence-electron chi connectivity index (χ4n) is 2.23. The van der Waals surface area contributed by atoms with Gasteiger partial charge < -0.3 is 15.0 Å². The van der Waals surface area contributed by atoms with E-state index in [1.807, 2.05) is 23.3 Å². The van der Waals surface area contributed by atoms with Crippen LogP contribution in [-0.4, -0.2) is 33.6 Å². The highest BCUT2D eigenvalue weighted by Gasteiger charge is 2.23. The summed E-state index contributed by atoms with van der Waals surface area (Å²) in [7, 11) is 1.35. The molecule has 1 atom stereocenters. The molecule has 2 heterocycles. The second-order valence-corrected chi connectivity index (χ2v) is 5.76. The van der Waals surface area contributed by atoms with E-state index in [0.717, 1.165) is 18.8 Å². The van der Waals surface area contributed by atoms with E-state index < -0.39 is 5.97 Å². The van der Waals surface area contributed by atoms with Crippen LogP contribution in [0.1, 0.15) is 36.1 Å². The number of hydrogen-bond acceptors (Lipinski definition) is 5. The summed E-state index contributed by atoms with van der Waals surface area (Å²) in [5.74, 6) is 2.05. The number of anilines is 1. The van der Waals surface area contributed by atoms with Crippen molar-refractivity contribution in [3.63, 3.8) is 0 Å². The second kappa shape index (κ2) is 5.65. The van der Waals surface area contributed by atoms with Crippen LogP contribution < -0.4 is 5.73 Å². The number of methoxy groups -OCH3 is 1. The van der Waals surface area contributed by atoms with E-state index in [2.05, 4.69) is 4.98 Å². The molecule has 100 valence electrons. The van der Waals surface area contributed by atoms with Crippen molar-refractivity contribution in [2.24, 2.45) is 0 Å². The SMILES string of the molecule is CCc1nc(C(=O)OC)c(N)n1CC1CCCS1. The average Bonchev–Trinajstić information content (AvgIpc) is 2.99. The fourth-order valence-corrected chi connectivity index (χ4v) is 3.48. The Morgan fingerprint density at radius 3 is 3.00 bits per heavy atom. The summed E-state index contributed by atoms with van der Waals surface area (Å²) in [4.78, 5) is 15.9. The van der Waals surface area contributed by atoms with E-state index in [1.54, 1.807) is 0 Å². The van der Waals surface area contributed by atoms with Gasteiger partial charge in [0.1, 0.15) is 11.6 Å². The third kappa shape index (κ3) is 2.48. The zero-order chi connectivity index (χ0) is 13.1. The second-order valence-electron chi connectivity index (χ2n) is 4.35. The summed E-state index contributed by atoms with van der Waals surface area (Å²) < 4.78 is 6.67. The van der Waals surface area contributed by atoms with Gasteiger partial charge in [-0.3, -0.25) is 0 Å². The lowest BCUT2D eigenvalue weighted by molar-refractivity contribution is 0.0595. The molecule has 0 aliphatic carbocycles. The van der Waals surface area contributed by atoms with Gasteiger partial charge in [0, 0.05) is 18.2 Å². The number of nitrogens with zero attached hydrogens (tertiary/aromatic N) is 2. The molecule has 0 radical (unpaired) electrons. The Morgan fingerprint density at radius 1 is 1.67 bits per heavy atom. The minimum atomic E-state index is -0.458. The monoisotopic (exact) mass is 269 g/mol. The Hall–Kier alpha value is -1.17. The van der Waals surface area contributed by atoms with Crippen molar-refractivity contribution in [3.05, 3.63) is 11.5 Å². The molecular weight excluding hydrogens is 250 g/mol. The Labute approximate surface area is 111 Å². The summed E-state index contributed by atoms with van der Waals surface area (Å²) in [6.07, 6.45) is 3.23. The van der Waals surface area contributed by atoms with Crippen molar-refractivity contribution < 1.29 is 9.53 Å². The molecule has 1 fully saturated rings. The zero-order valence-corrected chi connectivity index (χ0v) is 11.6. The molecule has 0 aromatic carbocycles. The molecule has 6 heteroatoms. The highest BCUT2D eigenvalue weighted by Crippen LogP contribution is 2.29. The number of hydrogen-bond donors (Lipinski definition) is 1. The number of rotatable bonds is 4. The molecule has 0 amide bonds. The van der Waals surface area contributed by atoms with E-state index >= 15 is 0 Å². The molecule has 1 aliphatic rings. The quantitative estimate of drug-likeness (QED) is 0.843. The molecule has 1 aromatic rings. The maximum absolute atomic E-state index is 11.6. The standard InChI is InChI=1S/C12H19N3O2S/c1-3-9-14-10(12(16)17-2)11(13)15(9)7-8-5-4-6-18-8/h8H,3-7,13H2,1-2H3. The number of thioether (sulfide) groups is 1. The number of nitrogens with two attached hydrogens (primary N) is 1. The number of aromatic nitrogens is 2. The molecular formula is C12H19N3O2S. The normalized spacial score (nSPS) is 19.1. The van der Waals surface area contributed by atoms with Crippen LogP contribution in [0, 0.1) is 0 Å². The summed E-state index contributed by atoms with van der Waals surface area (Å²) in [6.45, 7) is 2.85. The molecule has 2 rings (SSSR count). The minimum Gasteiger partial charge on any atom is -0.464 e. The van der Waals surface area contributed by atoms with E-state index in [-0.39, 0.29) is 5.69 Å². The Balaban J connectivity index is 2.26. The van der Waals surface area contributed by atoms with Crippen LogP contribution in [0.3, 0.4) is 0 Å². The number of esters is 1. The third-order valence-electron chi connectivity index (χ3n) is 3.19. The largest absolute Gasteiger partial charge is 0.464 e. The topological polar surface area (TPSA) is 70.1 Å². The van der Waals surface area contributed by atoms with Crippen LogP contribution in [0.15, 0.2) is 0 Å². The molecule has 1 aromatic heterocycles. The van der Waals surface area contributed by atoms with Gasteiger partial charge in [-0.1, -0.05) is 6.92 Å². The van der Waals surface area contributed by atoms with E-state index in [1.165, 1.54) is 25.7 Å². The summed E-state index contributed by atoms with van der Waals surface area (Å²) in [6, 6.07) is 0. The first kappa shape index (κ1) is 13.3. The van der Waals surface area contributed by atoms with Crippen LogP contribution in [0.2, 0.25) is 0 Å². The third-order valence-corrected chi connectivity index (χ3v) is 4.57. The first-order chi connectivity index (χ1) is 8.67. The Morgan fingerprint density at radius 2 is 2.44 bits per heavy atom. The summed E-state index contributed by atoms with van der Waals surface area (Å²) in [5.41, 5.74) is 6.27. The van der Waals surface area contributed by atoms with Crippen LogP contribution in [-0.2, 0) is 17.7 Å². The van der Waals surface area contributed by atoms with Gasteiger partial charge in [0.2, 0.25) is 0 Å².